The Labute approximate surface area is 124 Å². The highest BCUT2D eigenvalue weighted by Crippen LogP contribution is 2.30. The highest BCUT2D eigenvalue weighted by Gasteiger charge is 2.20. The largest absolute Gasteiger partial charge is 0.497 e. The van der Waals surface area contributed by atoms with Crippen molar-refractivity contribution in [2.75, 3.05) is 18.9 Å². The maximum Gasteiger partial charge on any atom is 0.265 e. The van der Waals surface area contributed by atoms with Crippen molar-refractivity contribution < 1.29 is 17.9 Å². The Bertz CT molecular complexity index is 741. The first-order valence-corrected chi connectivity index (χ1v) is 7.76. The summed E-state index contributed by atoms with van der Waals surface area (Å²) in [5.41, 5.74) is 1.38. The van der Waals surface area contributed by atoms with E-state index < -0.39 is 10.0 Å². The van der Waals surface area contributed by atoms with Crippen LogP contribution in [0.5, 0.6) is 11.5 Å². The number of nitrogens with one attached hydrogen (secondary N) is 1. The fourth-order valence-electron chi connectivity index (χ4n) is 1.88. The third-order valence-corrected chi connectivity index (χ3v) is 4.45. The van der Waals surface area contributed by atoms with Gasteiger partial charge >= 0.3 is 0 Å². The van der Waals surface area contributed by atoms with Crippen LogP contribution in [0.1, 0.15) is 5.56 Å². The van der Waals surface area contributed by atoms with Crippen molar-refractivity contribution in [3.05, 3.63) is 48.0 Å². The van der Waals surface area contributed by atoms with Gasteiger partial charge in [0.1, 0.15) is 16.4 Å². The van der Waals surface area contributed by atoms with Crippen LogP contribution in [0, 0.1) is 6.92 Å². The van der Waals surface area contributed by atoms with Crippen molar-refractivity contribution in [2.24, 2.45) is 0 Å². The first-order chi connectivity index (χ1) is 9.97. The number of aryl methyl sites for hydroxylation is 1. The average Bonchev–Trinajstić information content (AvgIpc) is 2.48. The molecule has 0 heterocycles. The van der Waals surface area contributed by atoms with E-state index in [2.05, 4.69) is 4.72 Å². The summed E-state index contributed by atoms with van der Waals surface area (Å²) in [6.45, 7) is 1.84. The van der Waals surface area contributed by atoms with E-state index in [0.29, 0.717) is 11.4 Å². The number of sulfonamides is 1. The zero-order chi connectivity index (χ0) is 15.5. The lowest BCUT2D eigenvalue weighted by atomic mass is 10.2. The molecule has 0 spiro atoms. The van der Waals surface area contributed by atoms with Crippen LogP contribution >= 0.6 is 0 Å². The minimum Gasteiger partial charge on any atom is -0.497 e. The predicted octanol–water partition coefficient (Wildman–Crippen LogP) is 2.81. The standard InChI is InChI=1S/C15H17NO4S/c1-11-6-4-5-7-13(11)16-21(17,18)15-9-8-12(19-2)10-14(15)20-3/h4-10,16H,1-3H3. The molecule has 0 saturated heterocycles. The number of hydrogen-bond donors (Lipinski definition) is 1. The van der Waals surface area contributed by atoms with Crippen LogP contribution in [-0.2, 0) is 10.0 Å². The molecule has 0 fully saturated rings. The van der Waals surface area contributed by atoms with Crippen molar-refractivity contribution in [3.63, 3.8) is 0 Å². The molecule has 0 radical (unpaired) electrons. The van der Waals surface area contributed by atoms with Gasteiger partial charge in [0.05, 0.1) is 19.9 Å². The number of ether oxygens (including phenoxy) is 2. The van der Waals surface area contributed by atoms with E-state index in [9.17, 15) is 8.42 Å². The Kier molecular flexibility index (Phi) is 4.37. The molecule has 0 aromatic heterocycles. The molecule has 2 aromatic carbocycles. The predicted molar refractivity (Wildman–Crippen MR) is 81.5 cm³/mol. The smallest absolute Gasteiger partial charge is 0.265 e. The third-order valence-electron chi connectivity index (χ3n) is 3.05. The first kappa shape index (κ1) is 15.2. The van der Waals surface area contributed by atoms with Gasteiger partial charge in [-0.1, -0.05) is 18.2 Å². The lowest BCUT2D eigenvalue weighted by Gasteiger charge is -2.13. The summed E-state index contributed by atoms with van der Waals surface area (Å²) in [6.07, 6.45) is 0. The summed E-state index contributed by atoms with van der Waals surface area (Å²) in [7, 11) is -0.807. The second-order valence-electron chi connectivity index (χ2n) is 4.44. The van der Waals surface area contributed by atoms with Gasteiger partial charge in [-0.25, -0.2) is 8.42 Å². The van der Waals surface area contributed by atoms with Crippen LogP contribution in [0.3, 0.4) is 0 Å². The van der Waals surface area contributed by atoms with Crippen molar-refractivity contribution in [3.8, 4) is 11.5 Å². The van der Waals surface area contributed by atoms with Gasteiger partial charge < -0.3 is 9.47 Å². The molecule has 0 amide bonds. The van der Waals surface area contributed by atoms with Crippen molar-refractivity contribution >= 4 is 15.7 Å². The summed E-state index contributed by atoms with van der Waals surface area (Å²) >= 11 is 0. The number of hydrogen-bond acceptors (Lipinski definition) is 4. The van der Waals surface area contributed by atoms with Gasteiger partial charge in [0, 0.05) is 6.07 Å². The van der Waals surface area contributed by atoms with Crippen LogP contribution in [0.4, 0.5) is 5.69 Å². The number of benzene rings is 2. The number of para-hydroxylation sites is 1. The van der Waals surface area contributed by atoms with Crippen LogP contribution in [-0.4, -0.2) is 22.6 Å². The zero-order valence-corrected chi connectivity index (χ0v) is 12.9. The van der Waals surface area contributed by atoms with Gasteiger partial charge in [-0.3, -0.25) is 4.72 Å². The molecule has 0 aliphatic heterocycles. The molecule has 112 valence electrons. The number of anilines is 1. The van der Waals surface area contributed by atoms with Crippen LogP contribution < -0.4 is 14.2 Å². The molecule has 0 aliphatic rings. The quantitative estimate of drug-likeness (QED) is 0.922. The maximum atomic E-state index is 12.5. The lowest BCUT2D eigenvalue weighted by molar-refractivity contribution is 0.386. The molecule has 6 heteroatoms. The van der Waals surface area contributed by atoms with E-state index in [0.717, 1.165) is 5.56 Å². The van der Waals surface area contributed by atoms with Gasteiger partial charge in [0.2, 0.25) is 0 Å². The van der Waals surface area contributed by atoms with Crippen LogP contribution in [0.15, 0.2) is 47.4 Å². The molecule has 0 bridgehead atoms. The first-order valence-electron chi connectivity index (χ1n) is 6.28. The maximum absolute atomic E-state index is 12.5. The Morgan fingerprint density at radius 2 is 1.71 bits per heavy atom. The lowest BCUT2D eigenvalue weighted by Crippen LogP contribution is -2.14. The molecule has 1 N–H and O–H groups in total. The van der Waals surface area contributed by atoms with Crippen LogP contribution in [0.2, 0.25) is 0 Å². The molecule has 2 aromatic rings. The van der Waals surface area contributed by atoms with E-state index >= 15 is 0 Å². The van der Waals surface area contributed by atoms with E-state index in [1.165, 1.54) is 26.4 Å². The normalized spacial score (nSPS) is 11.0. The Morgan fingerprint density at radius 1 is 1.00 bits per heavy atom. The molecular formula is C15H17NO4S. The molecular weight excluding hydrogens is 290 g/mol. The fraction of sp³-hybridized carbons (Fsp3) is 0.200. The Hall–Kier alpha value is -2.21. The van der Waals surface area contributed by atoms with Gasteiger partial charge in [-0.15, -0.1) is 0 Å². The third kappa shape index (κ3) is 3.28. The average molecular weight is 307 g/mol. The van der Waals surface area contributed by atoms with Crippen molar-refractivity contribution in [1.29, 1.82) is 0 Å². The van der Waals surface area contributed by atoms with E-state index in [1.54, 1.807) is 18.2 Å². The minimum absolute atomic E-state index is 0.0639. The van der Waals surface area contributed by atoms with E-state index in [-0.39, 0.29) is 10.6 Å². The SMILES string of the molecule is COc1ccc(S(=O)(=O)Nc2ccccc2C)c(OC)c1. The summed E-state index contributed by atoms with van der Waals surface area (Å²) in [5.74, 6) is 0.761. The molecule has 21 heavy (non-hydrogen) atoms. The summed E-state index contributed by atoms with van der Waals surface area (Å²) in [6, 6.07) is 11.7. The van der Waals surface area contributed by atoms with Gasteiger partial charge in [-0.2, -0.15) is 0 Å². The highest BCUT2D eigenvalue weighted by atomic mass is 32.2. The molecule has 0 unspecified atom stereocenters. The van der Waals surface area contributed by atoms with Crippen molar-refractivity contribution in [2.45, 2.75) is 11.8 Å². The summed E-state index contributed by atoms with van der Waals surface area (Å²) in [4.78, 5) is 0.0639. The van der Waals surface area contributed by atoms with E-state index in [1.807, 2.05) is 19.1 Å². The second kappa shape index (κ2) is 6.05. The van der Waals surface area contributed by atoms with Gasteiger partial charge in [-0.05, 0) is 30.7 Å². The second-order valence-corrected chi connectivity index (χ2v) is 6.09. The van der Waals surface area contributed by atoms with Gasteiger partial charge in [0.25, 0.3) is 10.0 Å². The fourth-order valence-corrected chi connectivity index (χ4v) is 3.17. The van der Waals surface area contributed by atoms with E-state index in [4.69, 9.17) is 9.47 Å². The molecule has 0 saturated carbocycles. The van der Waals surface area contributed by atoms with Crippen molar-refractivity contribution in [1.82, 2.24) is 0 Å². The molecule has 2 rings (SSSR count). The summed E-state index contributed by atoms with van der Waals surface area (Å²) in [5, 5.41) is 0. The molecule has 0 atom stereocenters. The monoisotopic (exact) mass is 307 g/mol. The number of rotatable bonds is 5. The molecule has 5 nitrogen and oxygen atoms in total. The summed E-state index contributed by atoms with van der Waals surface area (Å²) < 4.78 is 37.8. The van der Waals surface area contributed by atoms with Gasteiger partial charge in [0.15, 0.2) is 0 Å². The molecule has 0 aliphatic carbocycles. The topological polar surface area (TPSA) is 64.6 Å². The van der Waals surface area contributed by atoms with Crippen LogP contribution in [0.25, 0.3) is 0 Å². The number of methoxy groups -OCH3 is 2. The Balaban J connectivity index is 2.42. The highest BCUT2D eigenvalue weighted by molar-refractivity contribution is 7.92. The zero-order valence-electron chi connectivity index (χ0n) is 12.1. The minimum atomic E-state index is -3.73. The Morgan fingerprint density at radius 3 is 2.33 bits per heavy atom.